The smallest absolute Gasteiger partial charge is 0.246 e. The third kappa shape index (κ3) is 5.55. The summed E-state index contributed by atoms with van der Waals surface area (Å²) in [5, 5.41) is 3.86. The minimum atomic E-state index is -0.577. The molecule has 1 heterocycles. The molecule has 1 aromatic rings. The van der Waals surface area contributed by atoms with Gasteiger partial charge >= 0.3 is 0 Å². The highest BCUT2D eigenvalue weighted by molar-refractivity contribution is 5.85. The quantitative estimate of drug-likeness (QED) is 0.854. The van der Waals surface area contributed by atoms with Crippen LogP contribution in [0.25, 0.3) is 0 Å². The van der Waals surface area contributed by atoms with Crippen molar-refractivity contribution in [2.45, 2.75) is 53.3 Å². The largest absolute Gasteiger partial charge is 0.371 e. The van der Waals surface area contributed by atoms with E-state index in [1.165, 1.54) is 4.90 Å². The lowest BCUT2D eigenvalue weighted by atomic mass is 9.86. The van der Waals surface area contributed by atoms with Crippen LogP contribution in [0.2, 0.25) is 0 Å². The molecule has 8 heteroatoms. The number of carbonyl (C=O) groups is 1. The van der Waals surface area contributed by atoms with E-state index in [0.29, 0.717) is 18.3 Å². The Bertz CT molecular complexity index is 473. The molecule has 0 saturated heterocycles. The molecule has 22 heavy (non-hydrogen) atoms. The van der Waals surface area contributed by atoms with Crippen LogP contribution in [0.4, 0.5) is 0 Å². The van der Waals surface area contributed by atoms with E-state index in [1.807, 2.05) is 34.6 Å². The highest BCUT2D eigenvalue weighted by Crippen LogP contribution is 2.19. The number of nitrogens with two attached hydrogens (primary N) is 1. The van der Waals surface area contributed by atoms with Crippen LogP contribution in [0.1, 0.15) is 52.4 Å². The van der Waals surface area contributed by atoms with Crippen LogP contribution in [-0.2, 0) is 16.1 Å². The van der Waals surface area contributed by atoms with Gasteiger partial charge in [0.2, 0.25) is 11.8 Å². The van der Waals surface area contributed by atoms with Crippen molar-refractivity contribution in [3.05, 3.63) is 11.7 Å². The summed E-state index contributed by atoms with van der Waals surface area (Å²) < 4.78 is 10.5. The van der Waals surface area contributed by atoms with E-state index in [1.54, 1.807) is 7.05 Å². The SMILES string of the molecule is CCOC(C)c1noc(CN(C)C(=O)[C@@H](N)C(C)(C)C)n1.Cl. The normalized spacial score (nSPS) is 14.1. The Hall–Kier alpha value is -1.18. The molecule has 0 spiro atoms. The molecule has 1 aromatic heterocycles. The molecule has 128 valence electrons. The van der Waals surface area contributed by atoms with Gasteiger partial charge in [-0.15, -0.1) is 12.4 Å². The summed E-state index contributed by atoms with van der Waals surface area (Å²) in [6, 6.07) is -0.577. The summed E-state index contributed by atoms with van der Waals surface area (Å²) in [6.07, 6.45) is -0.231. The van der Waals surface area contributed by atoms with Gasteiger partial charge in [0, 0.05) is 13.7 Å². The Morgan fingerprint density at radius 3 is 2.55 bits per heavy atom. The molecular formula is C14H27ClN4O3. The molecular weight excluding hydrogens is 308 g/mol. The summed E-state index contributed by atoms with van der Waals surface area (Å²) in [7, 11) is 1.67. The van der Waals surface area contributed by atoms with Gasteiger partial charge in [-0.25, -0.2) is 0 Å². The molecule has 0 saturated carbocycles. The van der Waals surface area contributed by atoms with Gasteiger partial charge in [0.05, 0.1) is 12.6 Å². The molecule has 2 atom stereocenters. The third-order valence-corrected chi connectivity index (χ3v) is 3.21. The number of halogens is 1. The Morgan fingerprint density at radius 2 is 2.05 bits per heavy atom. The number of carbonyl (C=O) groups excluding carboxylic acids is 1. The Balaban J connectivity index is 0.00000441. The molecule has 0 aliphatic heterocycles. The molecule has 0 aliphatic carbocycles. The van der Waals surface area contributed by atoms with E-state index in [4.69, 9.17) is 15.0 Å². The van der Waals surface area contributed by atoms with Crippen molar-refractivity contribution in [3.8, 4) is 0 Å². The first-order valence-electron chi connectivity index (χ1n) is 7.11. The molecule has 0 aliphatic rings. The second-order valence-electron chi connectivity index (χ2n) is 6.18. The van der Waals surface area contributed by atoms with Crippen molar-refractivity contribution in [1.29, 1.82) is 0 Å². The monoisotopic (exact) mass is 334 g/mol. The average Bonchev–Trinajstić information content (AvgIpc) is 2.84. The zero-order chi connectivity index (χ0) is 16.2. The van der Waals surface area contributed by atoms with Gasteiger partial charge in [-0.1, -0.05) is 25.9 Å². The van der Waals surface area contributed by atoms with Gasteiger partial charge in [-0.05, 0) is 19.3 Å². The van der Waals surface area contributed by atoms with E-state index in [-0.39, 0.29) is 36.4 Å². The number of likely N-dealkylation sites (N-methyl/N-ethyl adjacent to an activating group) is 1. The highest BCUT2D eigenvalue weighted by Gasteiger charge is 2.30. The summed E-state index contributed by atoms with van der Waals surface area (Å²) in [6.45, 7) is 10.3. The lowest BCUT2D eigenvalue weighted by Gasteiger charge is -2.29. The number of ether oxygens (including phenoxy) is 1. The Kier molecular flexibility index (Phi) is 8.00. The molecule has 7 nitrogen and oxygen atoms in total. The van der Waals surface area contributed by atoms with Crippen LogP contribution in [0, 0.1) is 5.41 Å². The first-order chi connectivity index (χ1) is 9.66. The van der Waals surface area contributed by atoms with Crippen LogP contribution in [0.5, 0.6) is 0 Å². The molecule has 2 N–H and O–H groups in total. The molecule has 1 amide bonds. The van der Waals surface area contributed by atoms with Crippen LogP contribution in [0.15, 0.2) is 4.52 Å². The van der Waals surface area contributed by atoms with Crippen LogP contribution >= 0.6 is 12.4 Å². The van der Waals surface area contributed by atoms with Crippen molar-refractivity contribution in [2.75, 3.05) is 13.7 Å². The van der Waals surface area contributed by atoms with Gasteiger partial charge in [0.25, 0.3) is 0 Å². The highest BCUT2D eigenvalue weighted by atomic mass is 35.5. The molecule has 0 aromatic carbocycles. The maximum Gasteiger partial charge on any atom is 0.246 e. The number of aromatic nitrogens is 2. The van der Waals surface area contributed by atoms with Crippen molar-refractivity contribution in [1.82, 2.24) is 15.0 Å². The lowest BCUT2D eigenvalue weighted by Crippen LogP contribution is -2.48. The predicted octanol–water partition coefficient (Wildman–Crippen LogP) is 1.92. The van der Waals surface area contributed by atoms with E-state index in [2.05, 4.69) is 10.1 Å². The summed E-state index contributed by atoms with van der Waals surface area (Å²) in [5.74, 6) is 0.696. The zero-order valence-electron chi connectivity index (χ0n) is 14.1. The Morgan fingerprint density at radius 1 is 1.45 bits per heavy atom. The fraction of sp³-hybridized carbons (Fsp3) is 0.786. The van der Waals surface area contributed by atoms with Gasteiger partial charge < -0.3 is 19.9 Å². The Labute approximate surface area is 138 Å². The van der Waals surface area contributed by atoms with Gasteiger partial charge in [-0.3, -0.25) is 4.79 Å². The first kappa shape index (κ1) is 20.8. The topological polar surface area (TPSA) is 94.5 Å². The van der Waals surface area contributed by atoms with Gasteiger partial charge in [0.1, 0.15) is 6.10 Å². The standard InChI is InChI=1S/C14H26N4O3.ClH/c1-7-20-9(2)12-16-10(21-17-12)8-18(6)13(19)11(15)14(3,4)5;/h9,11H,7-8,15H2,1-6H3;1H/t9?,11-;/m1./s1. The van der Waals surface area contributed by atoms with E-state index in [0.717, 1.165) is 0 Å². The molecule has 0 radical (unpaired) electrons. The number of hydrogen-bond acceptors (Lipinski definition) is 6. The number of rotatable bonds is 6. The van der Waals surface area contributed by atoms with E-state index < -0.39 is 6.04 Å². The number of nitrogens with zero attached hydrogens (tertiary/aromatic N) is 3. The average molecular weight is 335 g/mol. The maximum atomic E-state index is 12.2. The maximum absolute atomic E-state index is 12.2. The van der Waals surface area contributed by atoms with Crippen LogP contribution in [0.3, 0.4) is 0 Å². The fourth-order valence-electron chi connectivity index (χ4n) is 1.71. The van der Waals surface area contributed by atoms with Gasteiger partial charge in [-0.2, -0.15) is 4.98 Å². The summed E-state index contributed by atoms with van der Waals surface area (Å²) in [4.78, 5) is 18.0. The summed E-state index contributed by atoms with van der Waals surface area (Å²) in [5.41, 5.74) is 5.67. The van der Waals surface area contributed by atoms with Gasteiger partial charge in [0.15, 0.2) is 5.82 Å². The lowest BCUT2D eigenvalue weighted by molar-refractivity contribution is -0.134. The van der Waals surface area contributed by atoms with Crippen LogP contribution in [-0.4, -0.2) is 40.6 Å². The van der Waals surface area contributed by atoms with E-state index >= 15 is 0 Å². The second-order valence-corrected chi connectivity index (χ2v) is 6.18. The first-order valence-corrected chi connectivity index (χ1v) is 7.11. The van der Waals surface area contributed by atoms with Crippen molar-refractivity contribution in [3.63, 3.8) is 0 Å². The van der Waals surface area contributed by atoms with Crippen molar-refractivity contribution in [2.24, 2.45) is 11.1 Å². The molecule has 0 bridgehead atoms. The second kappa shape index (κ2) is 8.45. The molecule has 0 fully saturated rings. The van der Waals surface area contributed by atoms with E-state index in [9.17, 15) is 4.79 Å². The minimum absolute atomic E-state index is 0. The summed E-state index contributed by atoms with van der Waals surface area (Å²) >= 11 is 0. The van der Waals surface area contributed by atoms with Crippen LogP contribution < -0.4 is 5.73 Å². The number of hydrogen-bond donors (Lipinski definition) is 1. The van der Waals surface area contributed by atoms with Crippen molar-refractivity contribution < 1.29 is 14.1 Å². The number of amides is 1. The third-order valence-electron chi connectivity index (χ3n) is 3.21. The van der Waals surface area contributed by atoms with Crippen molar-refractivity contribution >= 4 is 18.3 Å². The molecule has 1 rings (SSSR count). The fourth-order valence-corrected chi connectivity index (χ4v) is 1.71. The zero-order valence-corrected chi connectivity index (χ0v) is 14.9. The minimum Gasteiger partial charge on any atom is -0.371 e. The molecule has 1 unspecified atom stereocenters. The predicted molar refractivity (Wildman–Crippen MR) is 85.5 cm³/mol.